The summed E-state index contributed by atoms with van der Waals surface area (Å²) in [6.07, 6.45) is -0.541. The van der Waals surface area contributed by atoms with Crippen LogP contribution in [0.3, 0.4) is 0 Å². The van der Waals surface area contributed by atoms with Crippen LogP contribution in [0.25, 0.3) is 0 Å². The van der Waals surface area contributed by atoms with Crippen LogP contribution >= 0.6 is 11.3 Å². The topological polar surface area (TPSA) is 77.5 Å². The quantitative estimate of drug-likeness (QED) is 0.657. The van der Waals surface area contributed by atoms with E-state index in [1.807, 2.05) is 30.3 Å². The third-order valence-electron chi connectivity index (χ3n) is 2.99. The summed E-state index contributed by atoms with van der Waals surface area (Å²) in [5, 5.41) is 3.04. The van der Waals surface area contributed by atoms with Gasteiger partial charge in [0.2, 0.25) is 0 Å². The van der Waals surface area contributed by atoms with Crippen LogP contribution in [0.15, 0.2) is 30.3 Å². The molecule has 0 atom stereocenters. The van der Waals surface area contributed by atoms with Crippen LogP contribution < -0.4 is 5.32 Å². The Labute approximate surface area is 150 Å². The predicted octanol–water partition coefficient (Wildman–Crippen LogP) is 2.91. The molecule has 0 spiro atoms. The van der Waals surface area contributed by atoms with Crippen molar-refractivity contribution in [1.29, 1.82) is 0 Å². The third-order valence-corrected chi connectivity index (χ3v) is 4.04. The molecule has 1 aromatic carbocycles. The van der Waals surface area contributed by atoms with Crippen molar-refractivity contribution in [3.63, 3.8) is 0 Å². The van der Waals surface area contributed by atoms with Crippen molar-refractivity contribution in [3.8, 4) is 11.8 Å². The van der Waals surface area contributed by atoms with E-state index in [0.29, 0.717) is 22.2 Å². The Balaban J connectivity index is 1.79. The van der Waals surface area contributed by atoms with Gasteiger partial charge in [0.25, 0.3) is 0 Å². The summed E-state index contributed by atoms with van der Waals surface area (Å²) < 4.78 is 10.0. The number of nitrogens with one attached hydrogen (secondary N) is 1. The molecule has 0 aliphatic carbocycles. The fraction of sp³-hybridized carbons (Fsp3) is 0.278. The van der Waals surface area contributed by atoms with Crippen LogP contribution in [0, 0.1) is 18.8 Å². The van der Waals surface area contributed by atoms with Crippen LogP contribution in [0.4, 0.5) is 4.79 Å². The SMILES string of the molecule is CCOC(=O)c1sc(C#CCNC(=O)OCc2ccccc2)nc1C. The highest BCUT2D eigenvalue weighted by molar-refractivity contribution is 7.14. The van der Waals surface area contributed by atoms with Gasteiger partial charge in [-0.05, 0) is 25.3 Å². The van der Waals surface area contributed by atoms with E-state index < -0.39 is 12.1 Å². The first-order valence-corrected chi connectivity index (χ1v) is 8.49. The first-order chi connectivity index (χ1) is 12.1. The van der Waals surface area contributed by atoms with Gasteiger partial charge in [0.15, 0.2) is 5.01 Å². The van der Waals surface area contributed by atoms with Crippen molar-refractivity contribution in [1.82, 2.24) is 10.3 Å². The van der Waals surface area contributed by atoms with E-state index in [1.54, 1.807) is 13.8 Å². The van der Waals surface area contributed by atoms with Crippen molar-refractivity contribution < 1.29 is 19.1 Å². The molecule has 1 amide bonds. The Morgan fingerprint density at radius 2 is 2.00 bits per heavy atom. The number of alkyl carbamates (subject to hydrolysis) is 1. The van der Waals surface area contributed by atoms with Gasteiger partial charge in [0, 0.05) is 0 Å². The molecule has 25 heavy (non-hydrogen) atoms. The number of hydrogen-bond donors (Lipinski definition) is 1. The van der Waals surface area contributed by atoms with Crippen molar-refractivity contribution in [2.24, 2.45) is 0 Å². The van der Waals surface area contributed by atoms with Crippen LogP contribution in [0.5, 0.6) is 0 Å². The number of carbonyl (C=O) groups excluding carboxylic acids is 2. The minimum Gasteiger partial charge on any atom is -0.462 e. The highest BCUT2D eigenvalue weighted by Crippen LogP contribution is 2.18. The molecular weight excluding hydrogens is 340 g/mol. The first-order valence-electron chi connectivity index (χ1n) is 7.68. The van der Waals surface area contributed by atoms with Gasteiger partial charge in [-0.1, -0.05) is 47.6 Å². The number of thiazole rings is 1. The number of benzene rings is 1. The average molecular weight is 358 g/mol. The summed E-state index contributed by atoms with van der Waals surface area (Å²) in [5.74, 6) is 5.19. The van der Waals surface area contributed by atoms with Crippen molar-refractivity contribution in [3.05, 3.63) is 51.5 Å². The molecule has 0 aliphatic rings. The molecule has 1 aromatic heterocycles. The van der Waals surface area contributed by atoms with Gasteiger partial charge in [0.1, 0.15) is 11.5 Å². The fourth-order valence-electron chi connectivity index (χ4n) is 1.85. The smallest absolute Gasteiger partial charge is 0.408 e. The van der Waals surface area contributed by atoms with Crippen LogP contribution in [0.1, 0.15) is 32.9 Å². The molecule has 0 saturated carbocycles. The summed E-state index contributed by atoms with van der Waals surface area (Å²) in [4.78, 5) is 27.9. The molecule has 2 rings (SSSR count). The lowest BCUT2D eigenvalue weighted by atomic mass is 10.2. The minimum atomic E-state index is -0.541. The molecule has 0 aliphatic heterocycles. The zero-order valence-corrected chi connectivity index (χ0v) is 14.8. The second-order valence-corrected chi connectivity index (χ2v) is 5.87. The Morgan fingerprint density at radius 3 is 2.72 bits per heavy atom. The highest BCUT2D eigenvalue weighted by atomic mass is 32.1. The number of rotatable bonds is 5. The summed E-state index contributed by atoms with van der Waals surface area (Å²) in [6, 6.07) is 9.40. The van der Waals surface area contributed by atoms with E-state index in [2.05, 4.69) is 22.1 Å². The van der Waals surface area contributed by atoms with E-state index >= 15 is 0 Å². The number of ether oxygens (including phenoxy) is 2. The summed E-state index contributed by atoms with van der Waals surface area (Å²) in [5.41, 5.74) is 1.50. The molecule has 0 fully saturated rings. The summed E-state index contributed by atoms with van der Waals surface area (Å²) >= 11 is 1.17. The van der Waals surface area contributed by atoms with Crippen molar-refractivity contribution in [2.45, 2.75) is 20.5 Å². The number of carbonyl (C=O) groups is 2. The second-order valence-electron chi connectivity index (χ2n) is 4.87. The largest absolute Gasteiger partial charge is 0.462 e. The number of esters is 1. The molecule has 0 unspecified atom stereocenters. The summed E-state index contributed by atoms with van der Waals surface area (Å²) in [6.45, 7) is 4.12. The van der Waals surface area contributed by atoms with Gasteiger partial charge in [0.05, 0.1) is 18.8 Å². The zero-order chi connectivity index (χ0) is 18.1. The number of amides is 1. The van der Waals surface area contributed by atoms with Gasteiger partial charge >= 0.3 is 12.1 Å². The van der Waals surface area contributed by atoms with Gasteiger partial charge in [-0.25, -0.2) is 14.6 Å². The molecule has 0 radical (unpaired) electrons. The van der Waals surface area contributed by atoms with Gasteiger partial charge in [-0.15, -0.1) is 0 Å². The maximum Gasteiger partial charge on any atom is 0.408 e. The minimum absolute atomic E-state index is 0.126. The lowest BCUT2D eigenvalue weighted by Crippen LogP contribution is -2.24. The highest BCUT2D eigenvalue weighted by Gasteiger charge is 2.15. The van der Waals surface area contributed by atoms with Crippen molar-refractivity contribution in [2.75, 3.05) is 13.2 Å². The predicted molar refractivity (Wildman–Crippen MR) is 94.3 cm³/mol. The van der Waals surface area contributed by atoms with Gasteiger partial charge in [-0.2, -0.15) is 0 Å². The van der Waals surface area contributed by atoms with E-state index in [9.17, 15) is 9.59 Å². The van der Waals surface area contributed by atoms with Gasteiger partial charge in [-0.3, -0.25) is 0 Å². The normalized spacial score (nSPS) is 9.68. The first kappa shape index (κ1) is 18.5. The van der Waals surface area contributed by atoms with E-state index in [1.165, 1.54) is 11.3 Å². The Hall–Kier alpha value is -2.85. The molecule has 0 bridgehead atoms. The number of aromatic nitrogens is 1. The second kappa shape index (κ2) is 9.45. The monoisotopic (exact) mass is 358 g/mol. The maximum atomic E-state index is 11.7. The molecule has 6 nitrogen and oxygen atoms in total. The number of nitrogens with zero attached hydrogens (tertiary/aromatic N) is 1. The van der Waals surface area contributed by atoms with Gasteiger partial charge < -0.3 is 14.8 Å². The molecule has 130 valence electrons. The van der Waals surface area contributed by atoms with E-state index in [0.717, 1.165) is 5.56 Å². The Bertz CT molecular complexity index is 790. The maximum absolute atomic E-state index is 11.7. The van der Waals surface area contributed by atoms with E-state index in [-0.39, 0.29) is 13.2 Å². The van der Waals surface area contributed by atoms with Crippen LogP contribution in [-0.2, 0) is 16.1 Å². The molecular formula is C18H18N2O4S. The summed E-state index contributed by atoms with van der Waals surface area (Å²) in [7, 11) is 0. The van der Waals surface area contributed by atoms with Crippen LogP contribution in [-0.4, -0.2) is 30.2 Å². The van der Waals surface area contributed by atoms with E-state index in [4.69, 9.17) is 9.47 Å². The van der Waals surface area contributed by atoms with Crippen LogP contribution in [0.2, 0.25) is 0 Å². The molecule has 7 heteroatoms. The Kier molecular flexibility index (Phi) is 6.99. The zero-order valence-electron chi connectivity index (χ0n) is 14.0. The lowest BCUT2D eigenvalue weighted by molar-refractivity contribution is 0.0531. The molecule has 1 N–H and O–H groups in total. The molecule has 0 saturated heterocycles. The Morgan fingerprint density at radius 1 is 1.24 bits per heavy atom. The number of hydrogen-bond acceptors (Lipinski definition) is 6. The molecule has 2 aromatic rings. The third kappa shape index (κ3) is 5.94. The van der Waals surface area contributed by atoms with Crippen molar-refractivity contribution >= 4 is 23.4 Å². The standard InChI is InChI=1S/C18H18N2O4S/c1-3-23-17(21)16-13(2)20-15(25-16)10-7-11-19-18(22)24-12-14-8-5-4-6-9-14/h4-6,8-9H,3,11-12H2,1-2H3,(H,19,22). The average Bonchev–Trinajstić information content (AvgIpc) is 2.99. The lowest BCUT2D eigenvalue weighted by Gasteiger charge is -2.04. The molecule has 1 heterocycles. The number of aryl methyl sites for hydroxylation is 1. The fourth-order valence-corrected chi connectivity index (χ4v) is 2.68.